The first kappa shape index (κ1) is 9.72. The monoisotopic (exact) mass is 202 g/mol. The Kier molecular flexibility index (Phi) is 2.20. The Bertz CT molecular complexity index is 546. The van der Waals surface area contributed by atoms with E-state index in [0.29, 0.717) is 16.6 Å². The molecule has 0 radical (unpaired) electrons. The van der Waals surface area contributed by atoms with E-state index >= 15 is 0 Å². The Balaban J connectivity index is 2.71. The summed E-state index contributed by atoms with van der Waals surface area (Å²) in [5.74, 6) is 3.06. The van der Waals surface area contributed by atoms with E-state index in [0.717, 1.165) is 5.82 Å². The highest BCUT2D eigenvalue weighted by Gasteiger charge is 2.10. The van der Waals surface area contributed by atoms with Crippen LogP contribution in [0.5, 0.6) is 0 Å². The van der Waals surface area contributed by atoms with E-state index < -0.39 is 0 Å². The van der Waals surface area contributed by atoms with Gasteiger partial charge in [0.25, 0.3) is 0 Å². The van der Waals surface area contributed by atoms with Crippen LogP contribution in [0.4, 0.5) is 4.39 Å². The van der Waals surface area contributed by atoms with Gasteiger partial charge in [-0.2, -0.15) is 0 Å². The first-order valence-electron chi connectivity index (χ1n) is 4.77. The predicted octanol–water partition coefficient (Wildman–Crippen LogP) is 2.81. The highest BCUT2D eigenvalue weighted by atomic mass is 19.1. The normalized spacial score (nSPS) is 10.9. The first-order chi connectivity index (χ1) is 7.11. The summed E-state index contributed by atoms with van der Waals surface area (Å²) in [4.78, 5) is 7.25. The molecule has 0 aliphatic carbocycles. The van der Waals surface area contributed by atoms with Crippen LogP contribution in [0.3, 0.4) is 0 Å². The average molecular weight is 202 g/mol. The van der Waals surface area contributed by atoms with Gasteiger partial charge in [-0.25, -0.2) is 9.37 Å². The quantitative estimate of drug-likeness (QED) is 0.708. The first-order valence-corrected chi connectivity index (χ1v) is 4.77. The molecule has 2 rings (SSSR count). The second-order valence-electron chi connectivity index (χ2n) is 3.78. The number of aromatic amines is 1. The summed E-state index contributed by atoms with van der Waals surface area (Å²) in [7, 11) is 0. The zero-order valence-corrected chi connectivity index (χ0v) is 8.63. The van der Waals surface area contributed by atoms with Crippen molar-refractivity contribution in [1.29, 1.82) is 0 Å². The van der Waals surface area contributed by atoms with Crippen molar-refractivity contribution in [1.82, 2.24) is 9.97 Å². The van der Waals surface area contributed by atoms with Crippen molar-refractivity contribution in [2.45, 2.75) is 19.8 Å². The number of H-pyrrole nitrogens is 1. The molecule has 1 heterocycles. The van der Waals surface area contributed by atoms with E-state index in [1.165, 1.54) is 6.07 Å². The van der Waals surface area contributed by atoms with Crippen molar-refractivity contribution in [3.8, 4) is 12.3 Å². The Labute approximate surface area is 87.5 Å². The van der Waals surface area contributed by atoms with E-state index in [9.17, 15) is 4.39 Å². The Morgan fingerprint density at radius 3 is 2.80 bits per heavy atom. The van der Waals surface area contributed by atoms with Crippen LogP contribution < -0.4 is 0 Å². The van der Waals surface area contributed by atoms with E-state index in [1.54, 1.807) is 6.07 Å². The van der Waals surface area contributed by atoms with Crippen molar-refractivity contribution in [2.24, 2.45) is 0 Å². The molecule has 0 amide bonds. The Morgan fingerprint density at radius 1 is 1.47 bits per heavy atom. The molecule has 0 spiro atoms. The molecular formula is C12H11FN2. The van der Waals surface area contributed by atoms with Crippen LogP contribution in [0.2, 0.25) is 0 Å². The van der Waals surface area contributed by atoms with Gasteiger partial charge in [0.15, 0.2) is 5.82 Å². The highest BCUT2D eigenvalue weighted by Crippen LogP contribution is 2.20. The lowest BCUT2D eigenvalue weighted by molar-refractivity contribution is 0.636. The zero-order chi connectivity index (χ0) is 11.0. The van der Waals surface area contributed by atoms with Crippen molar-refractivity contribution in [3.05, 3.63) is 29.3 Å². The van der Waals surface area contributed by atoms with Gasteiger partial charge < -0.3 is 4.98 Å². The lowest BCUT2D eigenvalue weighted by Gasteiger charge is -1.95. The van der Waals surface area contributed by atoms with Crippen molar-refractivity contribution in [3.63, 3.8) is 0 Å². The number of nitrogens with one attached hydrogen (secondary N) is 1. The number of terminal acetylenes is 1. The van der Waals surface area contributed by atoms with Gasteiger partial charge in [0.05, 0.1) is 5.52 Å². The minimum absolute atomic E-state index is 0.242. The summed E-state index contributed by atoms with van der Waals surface area (Å²) >= 11 is 0. The van der Waals surface area contributed by atoms with Crippen molar-refractivity contribution >= 4 is 11.0 Å². The zero-order valence-electron chi connectivity index (χ0n) is 8.63. The van der Waals surface area contributed by atoms with Gasteiger partial charge in [-0.3, -0.25) is 0 Å². The van der Waals surface area contributed by atoms with Gasteiger partial charge in [0.2, 0.25) is 0 Å². The molecule has 0 aliphatic heterocycles. The summed E-state index contributed by atoms with van der Waals surface area (Å²) in [5.41, 5.74) is 1.54. The van der Waals surface area contributed by atoms with Crippen LogP contribution in [0.25, 0.3) is 11.0 Å². The highest BCUT2D eigenvalue weighted by molar-refractivity contribution is 5.77. The summed E-state index contributed by atoms with van der Waals surface area (Å²) in [6.07, 6.45) is 5.23. The molecule has 0 unspecified atom stereocenters. The Morgan fingerprint density at radius 2 is 2.20 bits per heavy atom. The van der Waals surface area contributed by atoms with Gasteiger partial charge in [-0.15, -0.1) is 6.42 Å². The van der Waals surface area contributed by atoms with Gasteiger partial charge in [-0.1, -0.05) is 19.8 Å². The number of imidazole rings is 1. The van der Waals surface area contributed by atoms with E-state index in [4.69, 9.17) is 6.42 Å². The molecule has 1 aromatic heterocycles. The number of hydrogen-bond donors (Lipinski definition) is 1. The number of nitrogens with zero attached hydrogens (tertiary/aromatic N) is 1. The molecular weight excluding hydrogens is 191 g/mol. The predicted molar refractivity (Wildman–Crippen MR) is 58.1 cm³/mol. The number of fused-ring (bicyclic) bond motifs is 1. The van der Waals surface area contributed by atoms with Crippen LogP contribution in [0, 0.1) is 18.2 Å². The molecule has 15 heavy (non-hydrogen) atoms. The molecule has 0 saturated carbocycles. The molecule has 0 saturated heterocycles. The van der Waals surface area contributed by atoms with Crippen molar-refractivity contribution < 1.29 is 4.39 Å². The van der Waals surface area contributed by atoms with Gasteiger partial charge >= 0.3 is 0 Å². The lowest BCUT2D eigenvalue weighted by Crippen LogP contribution is -1.88. The smallest absolute Gasteiger partial charge is 0.152 e. The fourth-order valence-corrected chi connectivity index (χ4v) is 1.45. The summed E-state index contributed by atoms with van der Waals surface area (Å²) in [6.45, 7) is 4.00. The molecule has 0 aliphatic rings. The standard InChI is InChI=1S/C12H11FN2/c1-4-8-5-9(13)11-10(6-8)14-12(15-11)7(2)3/h1,5-7H,2-3H3,(H,14,15). The molecule has 2 aromatic rings. The third kappa shape index (κ3) is 1.59. The maximum Gasteiger partial charge on any atom is 0.152 e. The molecule has 0 atom stereocenters. The molecule has 1 aromatic carbocycles. The fraction of sp³-hybridized carbons (Fsp3) is 0.250. The van der Waals surface area contributed by atoms with Crippen LogP contribution in [-0.2, 0) is 0 Å². The van der Waals surface area contributed by atoms with E-state index in [2.05, 4.69) is 15.9 Å². The van der Waals surface area contributed by atoms with Crippen LogP contribution in [0.15, 0.2) is 12.1 Å². The average Bonchev–Trinajstić information content (AvgIpc) is 2.61. The summed E-state index contributed by atoms with van der Waals surface area (Å²) < 4.78 is 13.5. The van der Waals surface area contributed by atoms with E-state index in [-0.39, 0.29) is 11.7 Å². The number of rotatable bonds is 1. The fourth-order valence-electron chi connectivity index (χ4n) is 1.45. The number of hydrogen-bond acceptors (Lipinski definition) is 1. The maximum atomic E-state index is 13.5. The van der Waals surface area contributed by atoms with Gasteiger partial charge in [-0.05, 0) is 12.1 Å². The molecule has 1 N–H and O–H groups in total. The van der Waals surface area contributed by atoms with Crippen LogP contribution in [0.1, 0.15) is 31.2 Å². The minimum Gasteiger partial charge on any atom is -0.342 e. The lowest BCUT2D eigenvalue weighted by atomic mass is 10.2. The summed E-state index contributed by atoms with van der Waals surface area (Å²) in [6, 6.07) is 3.06. The summed E-state index contributed by atoms with van der Waals surface area (Å²) in [5, 5.41) is 0. The van der Waals surface area contributed by atoms with Crippen LogP contribution in [-0.4, -0.2) is 9.97 Å². The number of halogens is 1. The van der Waals surface area contributed by atoms with Gasteiger partial charge in [0.1, 0.15) is 11.3 Å². The third-order valence-electron chi connectivity index (χ3n) is 2.27. The van der Waals surface area contributed by atoms with E-state index in [1.807, 2.05) is 13.8 Å². The second kappa shape index (κ2) is 3.39. The Hall–Kier alpha value is -1.82. The van der Waals surface area contributed by atoms with Crippen molar-refractivity contribution in [2.75, 3.05) is 0 Å². The molecule has 3 heteroatoms. The van der Waals surface area contributed by atoms with Crippen LogP contribution >= 0.6 is 0 Å². The molecule has 76 valence electrons. The molecule has 2 nitrogen and oxygen atoms in total. The number of benzene rings is 1. The topological polar surface area (TPSA) is 28.7 Å². The second-order valence-corrected chi connectivity index (χ2v) is 3.78. The minimum atomic E-state index is -0.372. The largest absolute Gasteiger partial charge is 0.342 e. The van der Waals surface area contributed by atoms with Gasteiger partial charge in [0, 0.05) is 11.5 Å². The SMILES string of the molecule is C#Cc1cc(F)c2nc(C(C)C)[nH]c2c1. The molecule has 0 fully saturated rings. The number of aromatic nitrogens is 2. The maximum absolute atomic E-state index is 13.5. The molecule has 0 bridgehead atoms. The third-order valence-corrected chi connectivity index (χ3v) is 2.27.